The fourth-order valence-electron chi connectivity index (χ4n) is 2.54. The summed E-state index contributed by atoms with van der Waals surface area (Å²) in [6.45, 7) is 6.09. The van der Waals surface area contributed by atoms with Gasteiger partial charge in [0.1, 0.15) is 0 Å². The number of rotatable bonds is 5. The van der Waals surface area contributed by atoms with E-state index in [2.05, 4.69) is 31.0 Å². The van der Waals surface area contributed by atoms with Crippen LogP contribution in [0.3, 0.4) is 0 Å². The molecule has 0 fully saturated rings. The van der Waals surface area contributed by atoms with Crippen LogP contribution < -0.4 is 0 Å². The second-order valence-electron chi connectivity index (χ2n) is 5.58. The third-order valence-corrected chi connectivity index (χ3v) is 3.79. The summed E-state index contributed by atoms with van der Waals surface area (Å²) in [7, 11) is 1.41. The van der Waals surface area contributed by atoms with Gasteiger partial charge in [0.05, 0.1) is 18.4 Å². The molecule has 0 aliphatic carbocycles. The molecule has 0 atom stereocenters. The number of ether oxygens (including phenoxy) is 1. The second-order valence-corrected chi connectivity index (χ2v) is 5.58. The number of aryl methyl sites for hydroxylation is 3. The minimum absolute atomic E-state index is 0.331. The van der Waals surface area contributed by atoms with Crippen LogP contribution in [0.5, 0.6) is 0 Å². The largest absolute Gasteiger partial charge is 0.465 e. The standard InChI is InChI=1S/C19H23NO2/c1-5-6-7-16-12-17(15-10-8-13(2)9-11-15)18(14(3)20-16)19(21)22-4/h8-12H,5-7H2,1-4H3. The van der Waals surface area contributed by atoms with E-state index in [1.165, 1.54) is 12.7 Å². The number of benzene rings is 1. The number of carbonyl (C=O) groups is 1. The van der Waals surface area contributed by atoms with Crippen molar-refractivity contribution in [2.24, 2.45) is 0 Å². The first-order valence-electron chi connectivity index (χ1n) is 7.72. The summed E-state index contributed by atoms with van der Waals surface area (Å²) in [6.07, 6.45) is 3.15. The van der Waals surface area contributed by atoms with Crippen LogP contribution in [0.25, 0.3) is 11.1 Å². The van der Waals surface area contributed by atoms with Gasteiger partial charge in [-0.2, -0.15) is 0 Å². The van der Waals surface area contributed by atoms with Gasteiger partial charge < -0.3 is 4.74 Å². The molecule has 0 spiro atoms. The molecule has 1 heterocycles. The number of esters is 1. The quantitative estimate of drug-likeness (QED) is 0.763. The molecule has 1 aromatic heterocycles. The molecule has 1 aromatic carbocycles. The molecule has 22 heavy (non-hydrogen) atoms. The third-order valence-electron chi connectivity index (χ3n) is 3.79. The van der Waals surface area contributed by atoms with Crippen LogP contribution in [0.2, 0.25) is 0 Å². The summed E-state index contributed by atoms with van der Waals surface area (Å²) in [5.74, 6) is -0.331. The summed E-state index contributed by atoms with van der Waals surface area (Å²) in [5.41, 5.74) is 5.45. The summed E-state index contributed by atoms with van der Waals surface area (Å²) in [6, 6.07) is 10.2. The zero-order chi connectivity index (χ0) is 16.1. The maximum absolute atomic E-state index is 12.2. The lowest BCUT2D eigenvalue weighted by molar-refractivity contribution is 0.0600. The van der Waals surface area contributed by atoms with Crippen molar-refractivity contribution >= 4 is 5.97 Å². The Labute approximate surface area is 132 Å². The Morgan fingerprint density at radius 2 is 1.86 bits per heavy atom. The van der Waals surface area contributed by atoms with Crippen LogP contribution in [-0.2, 0) is 11.2 Å². The van der Waals surface area contributed by atoms with Crippen LogP contribution in [-0.4, -0.2) is 18.1 Å². The van der Waals surface area contributed by atoms with E-state index in [0.717, 1.165) is 41.8 Å². The number of hydrogen-bond donors (Lipinski definition) is 0. The summed E-state index contributed by atoms with van der Waals surface area (Å²) in [5, 5.41) is 0. The van der Waals surface area contributed by atoms with Crippen LogP contribution in [0.4, 0.5) is 0 Å². The highest BCUT2D eigenvalue weighted by molar-refractivity contribution is 5.98. The molecule has 0 saturated heterocycles. The smallest absolute Gasteiger partial charge is 0.340 e. The van der Waals surface area contributed by atoms with Crippen molar-refractivity contribution in [3.05, 3.63) is 52.8 Å². The number of unbranched alkanes of at least 4 members (excludes halogenated alkanes) is 1. The molecule has 0 aliphatic heterocycles. The highest BCUT2D eigenvalue weighted by atomic mass is 16.5. The van der Waals surface area contributed by atoms with Crippen molar-refractivity contribution in [2.75, 3.05) is 7.11 Å². The van der Waals surface area contributed by atoms with Gasteiger partial charge in [0, 0.05) is 5.69 Å². The van der Waals surface area contributed by atoms with Crippen molar-refractivity contribution < 1.29 is 9.53 Å². The molecule has 0 amide bonds. The predicted octanol–water partition coefficient (Wildman–Crippen LogP) is 4.49. The van der Waals surface area contributed by atoms with E-state index in [1.54, 1.807) is 0 Å². The first kappa shape index (κ1) is 16.2. The van der Waals surface area contributed by atoms with Crippen LogP contribution >= 0.6 is 0 Å². The summed E-state index contributed by atoms with van der Waals surface area (Å²) in [4.78, 5) is 16.7. The average Bonchev–Trinajstić information content (AvgIpc) is 2.52. The van der Waals surface area contributed by atoms with E-state index in [1.807, 2.05) is 25.1 Å². The summed E-state index contributed by atoms with van der Waals surface area (Å²) >= 11 is 0. The van der Waals surface area contributed by atoms with Gasteiger partial charge in [0.2, 0.25) is 0 Å². The topological polar surface area (TPSA) is 39.2 Å². The van der Waals surface area contributed by atoms with E-state index >= 15 is 0 Å². The number of methoxy groups -OCH3 is 1. The van der Waals surface area contributed by atoms with E-state index < -0.39 is 0 Å². The van der Waals surface area contributed by atoms with Crippen molar-refractivity contribution in [3.63, 3.8) is 0 Å². The number of aromatic nitrogens is 1. The zero-order valence-corrected chi connectivity index (χ0v) is 13.8. The number of nitrogens with zero attached hydrogens (tertiary/aromatic N) is 1. The Hall–Kier alpha value is -2.16. The SMILES string of the molecule is CCCCc1cc(-c2ccc(C)cc2)c(C(=O)OC)c(C)n1. The monoisotopic (exact) mass is 297 g/mol. The molecule has 2 rings (SSSR count). The van der Waals surface area contributed by atoms with Gasteiger partial charge in [-0.05, 0) is 43.9 Å². The Kier molecular flexibility index (Phi) is 5.31. The van der Waals surface area contributed by atoms with Gasteiger partial charge in [-0.3, -0.25) is 4.98 Å². The van der Waals surface area contributed by atoms with Gasteiger partial charge in [-0.15, -0.1) is 0 Å². The van der Waals surface area contributed by atoms with Gasteiger partial charge >= 0.3 is 5.97 Å². The van der Waals surface area contributed by atoms with Gasteiger partial charge in [-0.1, -0.05) is 43.2 Å². The van der Waals surface area contributed by atoms with Crippen molar-refractivity contribution in [2.45, 2.75) is 40.0 Å². The maximum Gasteiger partial charge on any atom is 0.340 e. The molecule has 0 bridgehead atoms. The van der Waals surface area contributed by atoms with Gasteiger partial charge in [-0.25, -0.2) is 4.79 Å². The summed E-state index contributed by atoms with van der Waals surface area (Å²) < 4.78 is 4.95. The Balaban J connectivity index is 2.57. The lowest BCUT2D eigenvalue weighted by atomic mass is 9.96. The van der Waals surface area contributed by atoms with Gasteiger partial charge in [0.15, 0.2) is 0 Å². The van der Waals surface area contributed by atoms with Crippen LogP contribution in [0, 0.1) is 13.8 Å². The number of carbonyl (C=O) groups excluding carboxylic acids is 1. The Bertz CT molecular complexity index is 660. The Morgan fingerprint density at radius 3 is 2.45 bits per heavy atom. The highest BCUT2D eigenvalue weighted by Gasteiger charge is 2.18. The molecule has 3 heteroatoms. The first-order chi connectivity index (χ1) is 10.6. The molecule has 0 unspecified atom stereocenters. The minimum Gasteiger partial charge on any atom is -0.465 e. The second kappa shape index (κ2) is 7.21. The predicted molar refractivity (Wildman–Crippen MR) is 89.1 cm³/mol. The molecule has 0 aliphatic rings. The van der Waals surface area contributed by atoms with E-state index in [-0.39, 0.29) is 5.97 Å². The molecule has 0 saturated carbocycles. The number of hydrogen-bond acceptors (Lipinski definition) is 3. The molecule has 0 N–H and O–H groups in total. The fraction of sp³-hybridized carbons (Fsp3) is 0.368. The van der Waals surface area contributed by atoms with E-state index in [4.69, 9.17) is 4.74 Å². The number of pyridine rings is 1. The lowest BCUT2D eigenvalue weighted by Gasteiger charge is -2.13. The van der Waals surface area contributed by atoms with E-state index in [0.29, 0.717) is 5.56 Å². The molecule has 116 valence electrons. The molecule has 2 aromatic rings. The molecular weight excluding hydrogens is 274 g/mol. The molecule has 3 nitrogen and oxygen atoms in total. The third kappa shape index (κ3) is 3.53. The Morgan fingerprint density at radius 1 is 1.18 bits per heavy atom. The van der Waals surface area contributed by atoms with E-state index in [9.17, 15) is 4.79 Å². The van der Waals surface area contributed by atoms with Crippen molar-refractivity contribution in [3.8, 4) is 11.1 Å². The molecule has 0 radical (unpaired) electrons. The van der Waals surface area contributed by atoms with Crippen molar-refractivity contribution in [1.82, 2.24) is 4.98 Å². The minimum atomic E-state index is -0.331. The maximum atomic E-state index is 12.2. The zero-order valence-electron chi connectivity index (χ0n) is 13.8. The fourth-order valence-corrected chi connectivity index (χ4v) is 2.54. The van der Waals surface area contributed by atoms with Gasteiger partial charge in [0.25, 0.3) is 0 Å². The normalized spacial score (nSPS) is 10.5. The lowest BCUT2D eigenvalue weighted by Crippen LogP contribution is -2.09. The first-order valence-corrected chi connectivity index (χ1v) is 7.72. The van der Waals surface area contributed by atoms with Crippen LogP contribution in [0.15, 0.2) is 30.3 Å². The van der Waals surface area contributed by atoms with Crippen molar-refractivity contribution in [1.29, 1.82) is 0 Å². The van der Waals surface area contributed by atoms with Crippen LogP contribution in [0.1, 0.15) is 47.1 Å². The molecular formula is C19H23NO2. The average molecular weight is 297 g/mol. The highest BCUT2D eigenvalue weighted by Crippen LogP contribution is 2.28.